The molecule has 4 rings (SSSR count). The molecule has 0 radical (unpaired) electrons. The molecule has 0 aliphatic heterocycles. The van der Waals surface area contributed by atoms with E-state index in [1.807, 2.05) is 24.3 Å². The maximum atomic E-state index is 12.1. The predicted molar refractivity (Wildman–Crippen MR) is 109 cm³/mol. The summed E-state index contributed by atoms with van der Waals surface area (Å²) in [6.07, 6.45) is -0.566. The number of hydrogen-bond donors (Lipinski definition) is 2. The molecule has 1 amide bonds. The molecule has 0 saturated carbocycles. The van der Waals surface area contributed by atoms with Crippen molar-refractivity contribution in [3.05, 3.63) is 75.7 Å². The summed E-state index contributed by atoms with van der Waals surface area (Å²) in [5.41, 5.74) is 5.97. The van der Waals surface area contributed by atoms with Gasteiger partial charge in [-0.25, -0.2) is 14.6 Å². The van der Waals surface area contributed by atoms with Gasteiger partial charge in [0.1, 0.15) is 11.5 Å². The first-order valence-electron chi connectivity index (χ1n) is 8.89. The molecule has 7 heteroatoms. The molecule has 3 aromatic rings. The van der Waals surface area contributed by atoms with E-state index in [0.29, 0.717) is 4.88 Å². The van der Waals surface area contributed by atoms with Gasteiger partial charge in [-0.15, -0.1) is 11.3 Å². The quantitative estimate of drug-likeness (QED) is 0.647. The number of rotatable bonds is 4. The number of carboxylic acids is 1. The third-order valence-electron chi connectivity index (χ3n) is 4.64. The Kier molecular flexibility index (Phi) is 5.27. The average Bonchev–Trinajstić information content (AvgIpc) is 3.33. The van der Waals surface area contributed by atoms with Crippen LogP contribution in [0.15, 0.2) is 54.0 Å². The summed E-state index contributed by atoms with van der Waals surface area (Å²) < 4.78 is 5.42. The predicted octanol–water partition coefficient (Wildman–Crippen LogP) is 3.73. The van der Waals surface area contributed by atoms with Crippen molar-refractivity contribution in [2.75, 3.05) is 13.2 Å². The number of aromatic nitrogens is 1. The number of benzene rings is 2. The first-order chi connectivity index (χ1) is 14.1. The Hall–Kier alpha value is -3.63. The van der Waals surface area contributed by atoms with E-state index in [1.54, 1.807) is 0 Å². The van der Waals surface area contributed by atoms with E-state index >= 15 is 0 Å². The van der Waals surface area contributed by atoms with Crippen molar-refractivity contribution in [2.24, 2.45) is 0 Å². The Balaban J connectivity index is 1.36. The highest BCUT2D eigenvalue weighted by atomic mass is 32.1. The standard InChI is InChI=1S/C22H16N2O4S/c25-21(26)20-19(29-13-24-20)10-5-11-23-22(27)28-12-18-16-8-3-1-6-14(16)15-7-2-4-9-17(15)18/h1-4,6-9,13,18H,11-12H2,(H,23,27)(H,25,26). The van der Waals surface area contributed by atoms with Gasteiger partial charge in [0.15, 0.2) is 5.69 Å². The van der Waals surface area contributed by atoms with Crippen molar-refractivity contribution in [1.29, 1.82) is 0 Å². The smallest absolute Gasteiger partial charge is 0.407 e. The molecule has 29 heavy (non-hydrogen) atoms. The van der Waals surface area contributed by atoms with Crippen LogP contribution in [0.3, 0.4) is 0 Å². The van der Waals surface area contributed by atoms with Crippen LogP contribution in [0.5, 0.6) is 0 Å². The molecule has 6 nitrogen and oxygen atoms in total. The summed E-state index contributed by atoms with van der Waals surface area (Å²) in [4.78, 5) is 27.1. The number of alkyl carbamates (subject to hydrolysis) is 1. The zero-order chi connectivity index (χ0) is 20.2. The van der Waals surface area contributed by atoms with Gasteiger partial charge >= 0.3 is 12.1 Å². The van der Waals surface area contributed by atoms with Gasteiger partial charge in [-0.05, 0) is 22.3 Å². The number of carbonyl (C=O) groups excluding carboxylic acids is 1. The molecule has 2 N–H and O–H groups in total. The van der Waals surface area contributed by atoms with Gasteiger partial charge in [-0.1, -0.05) is 60.4 Å². The summed E-state index contributed by atoms with van der Waals surface area (Å²) in [6, 6.07) is 16.2. The molecule has 0 unspecified atom stereocenters. The van der Waals surface area contributed by atoms with E-state index in [2.05, 4.69) is 46.4 Å². The molecule has 0 bridgehead atoms. The van der Waals surface area contributed by atoms with E-state index in [4.69, 9.17) is 9.84 Å². The maximum Gasteiger partial charge on any atom is 0.407 e. The minimum Gasteiger partial charge on any atom is -0.476 e. The Morgan fingerprint density at radius 3 is 2.41 bits per heavy atom. The van der Waals surface area contributed by atoms with Crippen molar-refractivity contribution < 1.29 is 19.4 Å². The fraction of sp³-hybridized carbons (Fsp3) is 0.136. The van der Waals surface area contributed by atoms with Crippen LogP contribution in [0.4, 0.5) is 4.79 Å². The Labute approximate surface area is 171 Å². The van der Waals surface area contributed by atoms with Gasteiger partial charge in [0.05, 0.1) is 12.1 Å². The third-order valence-corrected chi connectivity index (χ3v) is 5.38. The van der Waals surface area contributed by atoms with Crippen LogP contribution >= 0.6 is 11.3 Å². The lowest BCUT2D eigenvalue weighted by Crippen LogP contribution is -2.26. The number of thiazole rings is 1. The van der Waals surface area contributed by atoms with Crippen LogP contribution in [0.1, 0.15) is 32.4 Å². The van der Waals surface area contributed by atoms with Gasteiger partial charge in [-0.3, -0.25) is 0 Å². The van der Waals surface area contributed by atoms with Crippen LogP contribution in [-0.2, 0) is 4.74 Å². The number of fused-ring (bicyclic) bond motifs is 3. The lowest BCUT2D eigenvalue weighted by molar-refractivity contribution is 0.0691. The number of ether oxygens (including phenoxy) is 1. The van der Waals surface area contributed by atoms with Crippen molar-refractivity contribution >= 4 is 23.4 Å². The number of hydrogen-bond acceptors (Lipinski definition) is 5. The van der Waals surface area contributed by atoms with E-state index in [-0.39, 0.29) is 24.8 Å². The average molecular weight is 404 g/mol. The SMILES string of the molecule is O=C(NCC#Cc1scnc1C(=O)O)OCC1c2ccccc2-c2ccccc21. The number of nitrogens with zero attached hydrogens (tertiary/aromatic N) is 1. The Morgan fingerprint density at radius 1 is 1.10 bits per heavy atom. The van der Waals surface area contributed by atoms with Crippen LogP contribution < -0.4 is 5.32 Å². The molecule has 0 saturated heterocycles. The molecule has 0 atom stereocenters. The molecule has 144 valence electrons. The van der Waals surface area contributed by atoms with Crippen LogP contribution in [-0.4, -0.2) is 35.3 Å². The van der Waals surface area contributed by atoms with Crippen molar-refractivity contribution in [1.82, 2.24) is 10.3 Å². The van der Waals surface area contributed by atoms with Gasteiger partial charge in [0.2, 0.25) is 0 Å². The molecule has 1 aliphatic rings. The second-order valence-corrected chi connectivity index (χ2v) is 7.17. The maximum absolute atomic E-state index is 12.1. The Morgan fingerprint density at radius 2 is 1.76 bits per heavy atom. The molecular weight excluding hydrogens is 388 g/mol. The van der Waals surface area contributed by atoms with Crippen molar-refractivity contribution in [3.63, 3.8) is 0 Å². The summed E-state index contributed by atoms with van der Waals surface area (Å²) in [5.74, 6) is 4.30. The van der Waals surface area contributed by atoms with Crippen LogP contribution in [0, 0.1) is 11.8 Å². The number of carboxylic acid groups (broad SMARTS) is 1. The van der Waals surface area contributed by atoms with E-state index in [1.165, 1.54) is 16.6 Å². The largest absolute Gasteiger partial charge is 0.476 e. The topological polar surface area (TPSA) is 88.5 Å². The molecule has 0 spiro atoms. The summed E-state index contributed by atoms with van der Waals surface area (Å²) in [5, 5.41) is 11.6. The van der Waals surface area contributed by atoms with Crippen molar-refractivity contribution in [2.45, 2.75) is 5.92 Å². The van der Waals surface area contributed by atoms with Crippen LogP contribution in [0.2, 0.25) is 0 Å². The lowest BCUT2D eigenvalue weighted by Gasteiger charge is -2.14. The zero-order valence-electron chi connectivity index (χ0n) is 15.2. The first kappa shape index (κ1) is 18.7. The number of aromatic carboxylic acids is 1. The fourth-order valence-electron chi connectivity index (χ4n) is 3.38. The zero-order valence-corrected chi connectivity index (χ0v) is 16.0. The molecule has 2 aromatic carbocycles. The highest BCUT2D eigenvalue weighted by molar-refractivity contribution is 7.10. The number of amides is 1. The number of nitrogens with one attached hydrogen (secondary N) is 1. The normalized spacial score (nSPS) is 11.7. The summed E-state index contributed by atoms with van der Waals surface area (Å²) in [6.45, 7) is 0.277. The molecule has 1 aliphatic carbocycles. The lowest BCUT2D eigenvalue weighted by atomic mass is 9.98. The van der Waals surface area contributed by atoms with E-state index in [0.717, 1.165) is 22.5 Å². The Bertz CT molecular complexity index is 1100. The van der Waals surface area contributed by atoms with Gasteiger partial charge < -0.3 is 15.2 Å². The minimum absolute atomic E-state index is 0.00504. The molecular formula is C22H16N2O4S. The summed E-state index contributed by atoms with van der Waals surface area (Å²) >= 11 is 1.14. The second kappa shape index (κ2) is 8.17. The highest BCUT2D eigenvalue weighted by Crippen LogP contribution is 2.44. The van der Waals surface area contributed by atoms with Gasteiger partial charge in [0, 0.05) is 5.92 Å². The first-order valence-corrected chi connectivity index (χ1v) is 9.77. The highest BCUT2D eigenvalue weighted by Gasteiger charge is 2.28. The van der Waals surface area contributed by atoms with Crippen molar-refractivity contribution in [3.8, 4) is 23.0 Å². The molecule has 1 aromatic heterocycles. The monoisotopic (exact) mass is 404 g/mol. The summed E-state index contributed by atoms with van der Waals surface area (Å²) in [7, 11) is 0. The van der Waals surface area contributed by atoms with E-state index in [9.17, 15) is 9.59 Å². The van der Waals surface area contributed by atoms with Gasteiger partial charge in [0.25, 0.3) is 0 Å². The van der Waals surface area contributed by atoms with Crippen LogP contribution in [0.25, 0.3) is 11.1 Å². The fourth-order valence-corrected chi connectivity index (χ4v) is 4.02. The number of carbonyl (C=O) groups is 2. The second-order valence-electron chi connectivity index (χ2n) is 6.32. The third kappa shape index (κ3) is 3.84. The minimum atomic E-state index is -1.12. The van der Waals surface area contributed by atoms with E-state index < -0.39 is 12.1 Å². The molecule has 0 fully saturated rings. The van der Waals surface area contributed by atoms with Gasteiger partial charge in [-0.2, -0.15) is 0 Å². The molecule has 1 heterocycles.